The molecule has 1 aliphatic rings. The molecule has 1 aromatic heterocycles. The largest absolute Gasteiger partial charge is 0.459 e. The van der Waals surface area contributed by atoms with Crippen molar-refractivity contribution in [3.63, 3.8) is 0 Å². The molecule has 6 heteroatoms. The van der Waals surface area contributed by atoms with Gasteiger partial charge in [0.1, 0.15) is 6.10 Å². The molecular weight excluding hydrogens is 366 g/mol. The lowest BCUT2D eigenvalue weighted by Gasteiger charge is -2.35. The van der Waals surface area contributed by atoms with Crippen molar-refractivity contribution in [1.29, 1.82) is 0 Å². The number of ether oxygens (including phenoxy) is 1. The first-order valence-corrected chi connectivity index (χ1v) is 9.92. The zero-order valence-corrected chi connectivity index (χ0v) is 17.3. The maximum Gasteiger partial charge on any atom is 0.338 e. The highest BCUT2D eigenvalue weighted by atomic mass is 16.5. The van der Waals surface area contributed by atoms with Gasteiger partial charge in [-0.1, -0.05) is 32.9 Å². The number of carbonyl (C=O) groups excluding carboxylic acids is 1. The number of carbonyl (C=O) groups is 1. The quantitative estimate of drug-likeness (QED) is 0.466. The van der Waals surface area contributed by atoms with Crippen molar-refractivity contribution in [2.45, 2.75) is 51.2 Å². The van der Waals surface area contributed by atoms with Crippen LogP contribution in [0.5, 0.6) is 0 Å². The van der Waals surface area contributed by atoms with Crippen LogP contribution in [0.3, 0.4) is 0 Å². The van der Waals surface area contributed by atoms with Gasteiger partial charge in [0.2, 0.25) is 0 Å². The number of nitrogens with zero attached hydrogens (tertiary/aromatic N) is 3. The topological polar surface area (TPSA) is 64.2 Å². The summed E-state index contributed by atoms with van der Waals surface area (Å²) in [6, 6.07) is 13.2. The Labute approximate surface area is 170 Å². The van der Waals surface area contributed by atoms with Crippen LogP contribution < -0.4 is 0 Å². The van der Waals surface area contributed by atoms with Crippen LogP contribution in [0.1, 0.15) is 55.6 Å². The fraction of sp³-hybridized carbons (Fsp3) is 0.391. The minimum atomic E-state index is -0.353. The van der Waals surface area contributed by atoms with Gasteiger partial charge in [-0.25, -0.2) is 4.79 Å². The van der Waals surface area contributed by atoms with Crippen molar-refractivity contribution in [3.05, 3.63) is 64.7 Å². The van der Waals surface area contributed by atoms with Crippen molar-refractivity contribution in [2.24, 2.45) is 0 Å². The molecule has 29 heavy (non-hydrogen) atoms. The minimum absolute atomic E-state index is 0.0808. The molecule has 6 nitrogen and oxygen atoms in total. The highest BCUT2D eigenvalue weighted by Gasteiger charge is 2.35. The molecule has 0 amide bonds. The Bertz CT molecular complexity index is 1070. The van der Waals surface area contributed by atoms with Gasteiger partial charge in [0, 0.05) is 40.0 Å². The second kappa shape index (κ2) is 7.10. The van der Waals surface area contributed by atoms with Crippen LogP contribution in [0.4, 0.5) is 5.69 Å². The summed E-state index contributed by atoms with van der Waals surface area (Å²) in [7, 11) is 1.42. The van der Waals surface area contributed by atoms with E-state index in [4.69, 9.17) is 4.74 Å². The fourth-order valence-electron chi connectivity index (χ4n) is 3.66. The second-order valence-corrected chi connectivity index (χ2v) is 8.81. The number of fused-ring (bicyclic) bond motifs is 1. The molecule has 0 radical (unpaired) electrons. The molecule has 4 rings (SSSR count). The summed E-state index contributed by atoms with van der Waals surface area (Å²) in [4.78, 5) is 23.6. The third kappa shape index (κ3) is 3.79. The van der Waals surface area contributed by atoms with Crippen LogP contribution in [0.2, 0.25) is 0 Å². The molecule has 1 heterocycles. The number of rotatable bonds is 4. The molecule has 0 saturated heterocycles. The van der Waals surface area contributed by atoms with Gasteiger partial charge in [-0.3, -0.25) is 4.68 Å². The van der Waals surface area contributed by atoms with Gasteiger partial charge >= 0.3 is 5.97 Å². The summed E-state index contributed by atoms with van der Waals surface area (Å²) in [6.07, 6.45) is 3.29. The predicted molar refractivity (Wildman–Crippen MR) is 112 cm³/mol. The minimum Gasteiger partial charge on any atom is -0.459 e. The zero-order chi connectivity index (χ0) is 20.8. The molecule has 0 N–H and O–H groups in total. The summed E-state index contributed by atoms with van der Waals surface area (Å²) in [5.41, 5.74) is 3.45. The lowest BCUT2D eigenvalue weighted by molar-refractivity contribution is -0.428. The van der Waals surface area contributed by atoms with Crippen molar-refractivity contribution in [2.75, 3.05) is 7.05 Å². The van der Waals surface area contributed by atoms with Gasteiger partial charge in [0.05, 0.1) is 23.3 Å². The molecule has 150 valence electrons. The van der Waals surface area contributed by atoms with E-state index in [2.05, 4.69) is 48.8 Å². The molecule has 1 fully saturated rings. The van der Waals surface area contributed by atoms with Crippen molar-refractivity contribution >= 4 is 22.6 Å². The summed E-state index contributed by atoms with van der Waals surface area (Å²) < 4.78 is 8.44. The highest BCUT2D eigenvalue weighted by molar-refractivity contribution is 5.89. The van der Waals surface area contributed by atoms with Gasteiger partial charge in [-0.15, -0.1) is 0 Å². The Hall–Kier alpha value is -3.02. The van der Waals surface area contributed by atoms with E-state index in [-0.39, 0.29) is 23.5 Å². The summed E-state index contributed by atoms with van der Waals surface area (Å²) in [5.74, 6) is -0.353. The molecule has 3 aromatic rings. The summed E-state index contributed by atoms with van der Waals surface area (Å²) in [6.45, 7) is 6.61. The lowest BCUT2D eigenvalue weighted by Crippen LogP contribution is -2.35. The highest BCUT2D eigenvalue weighted by Crippen LogP contribution is 2.37. The number of nitroso groups, excluding NO2 is 1. The van der Waals surface area contributed by atoms with E-state index in [1.165, 1.54) is 12.6 Å². The number of esters is 1. The van der Waals surface area contributed by atoms with Crippen LogP contribution in [0.15, 0.2) is 48.7 Å². The van der Waals surface area contributed by atoms with E-state index >= 15 is 0 Å². The average Bonchev–Trinajstić information content (AvgIpc) is 3.06. The first kappa shape index (κ1) is 19.3. The Morgan fingerprint density at radius 1 is 1.14 bits per heavy atom. The Balaban J connectivity index is 1.42. The molecule has 1 aliphatic carbocycles. The van der Waals surface area contributed by atoms with E-state index in [0.29, 0.717) is 11.3 Å². The molecule has 1 saturated carbocycles. The van der Waals surface area contributed by atoms with E-state index in [1.54, 1.807) is 24.3 Å². The average molecular weight is 392 g/mol. The van der Waals surface area contributed by atoms with E-state index in [1.807, 2.05) is 6.20 Å². The Kier molecular flexibility index (Phi) is 4.73. The SMILES string of the molecule is C[N+](=O)c1ccc(C(=O)OC2CC(n3ncc4ccc(C(C)(C)C)cc43)C2)cc1. The molecule has 0 unspecified atom stereocenters. The van der Waals surface area contributed by atoms with E-state index in [0.717, 1.165) is 28.5 Å². The van der Waals surface area contributed by atoms with Gasteiger partial charge in [0.15, 0.2) is 7.05 Å². The molecule has 0 aliphatic heterocycles. The van der Waals surface area contributed by atoms with Crippen molar-refractivity contribution in [1.82, 2.24) is 9.78 Å². The van der Waals surface area contributed by atoms with Crippen molar-refractivity contribution < 1.29 is 14.3 Å². The molecular formula is C23H26N3O3+. The third-order valence-electron chi connectivity index (χ3n) is 5.62. The van der Waals surface area contributed by atoms with E-state index < -0.39 is 0 Å². The van der Waals surface area contributed by atoms with Gasteiger partial charge in [0.25, 0.3) is 5.69 Å². The standard InChI is InChI=1S/C23H26N3O3/c1-23(2,3)17-8-5-16-14-24-26(21(16)11-17)19-12-20(13-19)29-22(27)15-6-9-18(10-7-15)25(4)28/h5-11,14,19-20H,12-13H2,1-4H3/q+1. The smallest absolute Gasteiger partial charge is 0.338 e. The summed E-state index contributed by atoms with van der Waals surface area (Å²) >= 11 is 0. The normalized spacial score (nSPS) is 19.0. The lowest BCUT2D eigenvalue weighted by atomic mass is 9.86. The van der Waals surface area contributed by atoms with Gasteiger partial charge in [-0.05, 0) is 29.2 Å². The fourth-order valence-corrected chi connectivity index (χ4v) is 3.66. The molecule has 0 atom stereocenters. The number of benzene rings is 2. The second-order valence-electron chi connectivity index (χ2n) is 8.81. The third-order valence-corrected chi connectivity index (χ3v) is 5.62. The first-order chi connectivity index (χ1) is 13.7. The van der Waals surface area contributed by atoms with Crippen molar-refractivity contribution in [3.8, 4) is 0 Å². The Morgan fingerprint density at radius 3 is 2.45 bits per heavy atom. The van der Waals surface area contributed by atoms with Gasteiger partial charge < -0.3 is 4.74 Å². The number of aromatic nitrogens is 2. The summed E-state index contributed by atoms with van der Waals surface area (Å²) in [5, 5.41) is 5.71. The van der Waals surface area contributed by atoms with Gasteiger partial charge in [-0.2, -0.15) is 5.10 Å². The van der Waals surface area contributed by atoms with Crippen LogP contribution >= 0.6 is 0 Å². The predicted octanol–water partition coefficient (Wildman–Crippen LogP) is 4.93. The van der Waals surface area contributed by atoms with Crippen LogP contribution in [0.25, 0.3) is 10.9 Å². The molecule has 2 aromatic carbocycles. The maximum absolute atomic E-state index is 12.4. The Morgan fingerprint density at radius 2 is 1.83 bits per heavy atom. The van der Waals surface area contributed by atoms with Crippen LogP contribution in [-0.4, -0.2) is 33.7 Å². The number of hydrogen-bond donors (Lipinski definition) is 0. The van der Waals surface area contributed by atoms with Crippen LogP contribution in [0, 0.1) is 4.91 Å². The number of hydrogen-bond acceptors (Lipinski definition) is 4. The molecule has 0 spiro atoms. The maximum atomic E-state index is 12.4. The zero-order valence-electron chi connectivity index (χ0n) is 17.3. The van der Waals surface area contributed by atoms with E-state index in [9.17, 15) is 9.70 Å². The molecule has 0 bridgehead atoms. The monoisotopic (exact) mass is 392 g/mol. The van der Waals surface area contributed by atoms with Crippen LogP contribution in [-0.2, 0) is 10.2 Å². The first-order valence-electron chi connectivity index (χ1n) is 9.92.